The van der Waals surface area contributed by atoms with E-state index in [0.717, 1.165) is 41.9 Å². The molecule has 1 unspecified atom stereocenters. The van der Waals surface area contributed by atoms with Crippen LogP contribution in [0.25, 0.3) is 11.0 Å². The number of carbonyl (C=O) groups is 1. The first kappa shape index (κ1) is 23.6. The number of rotatable bonds is 6. The Morgan fingerprint density at radius 3 is 2.81 bits per heavy atom. The van der Waals surface area contributed by atoms with Crippen LogP contribution in [-0.4, -0.2) is 65.3 Å². The van der Waals surface area contributed by atoms with Crippen LogP contribution in [0, 0.1) is 0 Å². The van der Waals surface area contributed by atoms with E-state index < -0.39 is 0 Å². The lowest BCUT2D eigenvalue weighted by Gasteiger charge is -2.33. The molecule has 0 aliphatic carbocycles. The minimum absolute atomic E-state index is 0.224. The Labute approximate surface area is 210 Å². The summed E-state index contributed by atoms with van der Waals surface area (Å²) in [6.07, 6.45) is 5.48. The Balaban J connectivity index is 1.35. The topological polar surface area (TPSA) is 103 Å². The van der Waals surface area contributed by atoms with Crippen LogP contribution in [0.15, 0.2) is 61.1 Å². The highest BCUT2D eigenvalue weighted by Gasteiger charge is 2.17. The number of urea groups is 1. The Hall–Kier alpha value is -4.18. The normalized spacial score (nSPS) is 15.6. The third-order valence-corrected chi connectivity index (χ3v) is 6.40. The molecule has 10 nitrogen and oxygen atoms in total. The van der Waals surface area contributed by atoms with Gasteiger partial charge in [0.05, 0.1) is 6.54 Å². The zero-order valence-corrected chi connectivity index (χ0v) is 20.8. The van der Waals surface area contributed by atoms with Gasteiger partial charge < -0.3 is 25.4 Å². The average molecular weight is 486 g/mol. The second-order valence-corrected chi connectivity index (χ2v) is 8.99. The van der Waals surface area contributed by atoms with Gasteiger partial charge in [0.15, 0.2) is 0 Å². The predicted octanol–water partition coefficient (Wildman–Crippen LogP) is 3.19. The number of fused-ring (bicyclic) bond motifs is 1. The number of pyridine rings is 1. The fraction of sp³-hybridized carbons (Fsp3) is 0.308. The van der Waals surface area contributed by atoms with Crippen molar-refractivity contribution in [2.24, 2.45) is 0 Å². The lowest BCUT2D eigenvalue weighted by Crippen LogP contribution is -2.49. The second kappa shape index (κ2) is 10.2. The summed E-state index contributed by atoms with van der Waals surface area (Å²) in [7, 11) is 3.31. The van der Waals surface area contributed by atoms with E-state index in [2.05, 4.69) is 62.0 Å². The highest BCUT2D eigenvalue weighted by molar-refractivity contribution is 5.90. The van der Waals surface area contributed by atoms with Crippen LogP contribution in [0.4, 0.5) is 27.9 Å². The molecule has 0 radical (unpaired) electrons. The molecule has 10 heteroatoms. The summed E-state index contributed by atoms with van der Waals surface area (Å²) < 4.78 is 2.04. The fourth-order valence-electron chi connectivity index (χ4n) is 4.51. The fourth-order valence-corrected chi connectivity index (χ4v) is 4.51. The smallest absolute Gasteiger partial charge is 0.322 e. The molecule has 4 heterocycles. The van der Waals surface area contributed by atoms with Gasteiger partial charge in [0.1, 0.15) is 11.5 Å². The molecule has 186 valence electrons. The van der Waals surface area contributed by atoms with E-state index in [1.807, 2.05) is 35.2 Å². The molecule has 3 aromatic heterocycles. The van der Waals surface area contributed by atoms with Crippen LogP contribution in [0.1, 0.15) is 12.5 Å². The molecule has 5 rings (SSSR count). The van der Waals surface area contributed by atoms with Crippen molar-refractivity contribution in [2.45, 2.75) is 19.5 Å². The zero-order valence-electron chi connectivity index (χ0n) is 20.8. The first-order chi connectivity index (χ1) is 17.5. The van der Waals surface area contributed by atoms with Gasteiger partial charge in [-0.25, -0.2) is 14.8 Å². The molecule has 4 aromatic rings. The third kappa shape index (κ3) is 4.94. The monoisotopic (exact) mass is 485 g/mol. The molecule has 0 bridgehead atoms. The zero-order chi connectivity index (χ0) is 25.1. The largest absolute Gasteiger partial charge is 0.369 e. The number of nitrogens with zero attached hydrogens (tertiary/aromatic N) is 6. The van der Waals surface area contributed by atoms with Crippen molar-refractivity contribution >= 4 is 40.2 Å². The molecule has 2 amide bonds. The Kier molecular flexibility index (Phi) is 6.68. The van der Waals surface area contributed by atoms with Gasteiger partial charge in [0.2, 0.25) is 5.95 Å². The van der Waals surface area contributed by atoms with Gasteiger partial charge in [-0.3, -0.25) is 4.90 Å². The molecule has 0 spiro atoms. The van der Waals surface area contributed by atoms with Crippen LogP contribution in [0.3, 0.4) is 0 Å². The number of carbonyl (C=O) groups excluding carboxylic acids is 1. The highest BCUT2D eigenvalue weighted by atomic mass is 16.2. The van der Waals surface area contributed by atoms with Crippen molar-refractivity contribution < 1.29 is 4.79 Å². The highest BCUT2D eigenvalue weighted by Crippen LogP contribution is 2.24. The number of anilines is 4. The van der Waals surface area contributed by atoms with Gasteiger partial charge in [0.25, 0.3) is 0 Å². The van der Waals surface area contributed by atoms with E-state index in [0.29, 0.717) is 24.4 Å². The maximum atomic E-state index is 12.2. The van der Waals surface area contributed by atoms with E-state index in [9.17, 15) is 4.79 Å². The summed E-state index contributed by atoms with van der Waals surface area (Å²) in [5, 5.41) is 10.4. The molecular weight excluding hydrogens is 454 g/mol. The van der Waals surface area contributed by atoms with Crippen molar-refractivity contribution in [3.05, 3.63) is 66.6 Å². The number of hydrogen-bond acceptors (Lipinski definition) is 7. The minimum atomic E-state index is -0.224. The lowest BCUT2D eigenvalue weighted by atomic mass is 10.2. The number of nitrogens with one attached hydrogen (secondary N) is 3. The quantitative estimate of drug-likeness (QED) is 0.385. The molecule has 1 atom stereocenters. The summed E-state index contributed by atoms with van der Waals surface area (Å²) >= 11 is 0. The maximum Gasteiger partial charge on any atom is 0.322 e. The molecule has 1 aliphatic rings. The van der Waals surface area contributed by atoms with Gasteiger partial charge in [-0.2, -0.15) is 4.98 Å². The molecular formula is C26H31N9O. The van der Waals surface area contributed by atoms with E-state index in [1.165, 1.54) is 10.6 Å². The van der Waals surface area contributed by atoms with Crippen LogP contribution in [0.2, 0.25) is 0 Å². The summed E-state index contributed by atoms with van der Waals surface area (Å²) in [6, 6.07) is 14.5. The molecule has 1 aliphatic heterocycles. The Morgan fingerprint density at radius 2 is 2.03 bits per heavy atom. The molecule has 1 aromatic carbocycles. The van der Waals surface area contributed by atoms with Gasteiger partial charge in [-0.15, -0.1) is 0 Å². The van der Waals surface area contributed by atoms with Crippen LogP contribution in [0.5, 0.6) is 0 Å². The summed E-state index contributed by atoms with van der Waals surface area (Å²) in [4.78, 5) is 29.8. The van der Waals surface area contributed by atoms with Gasteiger partial charge in [0, 0.05) is 80.7 Å². The SMILES string of the molecule is CNC(=O)N(C)c1ncccc1Cn1ccc2cnc(Nc3ccc(N4CCNC(C)C4)cc3)nc21. The summed E-state index contributed by atoms with van der Waals surface area (Å²) in [6.45, 7) is 5.73. The number of piperazine rings is 1. The number of aromatic nitrogens is 4. The van der Waals surface area contributed by atoms with Crippen LogP contribution < -0.4 is 25.8 Å². The van der Waals surface area contributed by atoms with Crippen molar-refractivity contribution in [1.82, 2.24) is 30.2 Å². The van der Waals surface area contributed by atoms with Crippen molar-refractivity contribution in [3.8, 4) is 0 Å². The average Bonchev–Trinajstić information content (AvgIpc) is 3.30. The lowest BCUT2D eigenvalue weighted by molar-refractivity contribution is 0.249. The van der Waals surface area contributed by atoms with Crippen molar-refractivity contribution in [2.75, 3.05) is 48.8 Å². The first-order valence-electron chi connectivity index (χ1n) is 12.1. The number of amides is 2. The predicted molar refractivity (Wildman–Crippen MR) is 143 cm³/mol. The van der Waals surface area contributed by atoms with Gasteiger partial charge >= 0.3 is 6.03 Å². The standard InChI is InChI=1S/C26H31N9O/c1-18-16-34(14-12-28-18)22-8-6-21(7-9-22)31-25-30-15-19-10-13-35(24(19)32-25)17-20-5-4-11-29-23(20)33(3)26(36)27-2/h4-11,13,15,18,28H,12,14,16-17H2,1-3H3,(H,27,36)(H,30,31,32). The Bertz CT molecular complexity index is 1350. The molecule has 1 saturated heterocycles. The second-order valence-electron chi connectivity index (χ2n) is 8.99. The van der Waals surface area contributed by atoms with E-state index >= 15 is 0 Å². The summed E-state index contributed by atoms with van der Waals surface area (Å²) in [5.74, 6) is 1.13. The minimum Gasteiger partial charge on any atom is -0.369 e. The van der Waals surface area contributed by atoms with E-state index in [-0.39, 0.29) is 6.03 Å². The maximum absolute atomic E-state index is 12.2. The molecule has 3 N–H and O–H groups in total. The summed E-state index contributed by atoms with van der Waals surface area (Å²) in [5.41, 5.74) is 3.86. The van der Waals surface area contributed by atoms with Gasteiger partial charge in [-0.1, -0.05) is 6.07 Å². The van der Waals surface area contributed by atoms with Crippen LogP contribution >= 0.6 is 0 Å². The molecule has 0 saturated carbocycles. The van der Waals surface area contributed by atoms with Crippen LogP contribution in [-0.2, 0) is 6.54 Å². The third-order valence-electron chi connectivity index (χ3n) is 6.40. The van der Waals surface area contributed by atoms with E-state index in [1.54, 1.807) is 20.3 Å². The number of hydrogen-bond donors (Lipinski definition) is 3. The van der Waals surface area contributed by atoms with Gasteiger partial charge in [-0.05, 0) is 43.3 Å². The van der Waals surface area contributed by atoms with Crippen molar-refractivity contribution in [3.63, 3.8) is 0 Å². The van der Waals surface area contributed by atoms with E-state index in [4.69, 9.17) is 4.98 Å². The molecule has 36 heavy (non-hydrogen) atoms. The Morgan fingerprint density at radius 1 is 1.19 bits per heavy atom. The number of benzene rings is 1. The first-order valence-corrected chi connectivity index (χ1v) is 12.1. The van der Waals surface area contributed by atoms with Crippen molar-refractivity contribution in [1.29, 1.82) is 0 Å². The molecule has 1 fully saturated rings.